The summed E-state index contributed by atoms with van der Waals surface area (Å²) in [7, 11) is 0. The van der Waals surface area contributed by atoms with Crippen molar-refractivity contribution in [1.82, 2.24) is 0 Å². The van der Waals surface area contributed by atoms with Crippen molar-refractivity contribution in [2.45, 2.75) is 59.0 Å². The van der Waals surface area contributed by atoms with Gasteiger partial charge >= 0.3 is 11.9 Å². The SMILES string of the molecule is C=C(C)C(=O)OCCCCCC(=O)OC(C)(C)C. The number of ether oxygens (including phenoxy) is 2. The average Bonchev–Trinajstić information content (AvgIpc) is 2.19. The van der Waals surface area contributed by atoms with Crippen molar-refractivity contribution in [3.63, 3.8) is 0 Å². The van der Waals surface area contributed by atoms with E-state index in [2.05, 4.69) is 6.58 Å². The van der Waals surface area contributed by atoms with E-state index < -0.39 is 5.60 Å². The highest BCUT2D eigenvalue weighted by Gasteiger charge is 2.15. The molecule has 4 heteroatoms. The zero-order valence-electron chi connectivity index (χ0n) is 11.9. The summed E-state index contributed by atoms with van der Waals surface area (Å²) >= 11 is 0. The van der Waals surface area contributed by atoms with E-state index in [-0.39, 0.29) is 11.9 Å². The van der Waals surface area contributed by atoms with Crippen LogP contribution in [0.2, 0.25) is 0 Å². The zero-order valence-corrected chi connectivity index (χ0v) is 11.9. The van der Waals surface area contributed by atoms with Gasteiger partial charge in [-0.25, -0.2) is 4.79 Å². The molecule has 0 aliphatic heterocycles. The second-order valence-electron chi connectivity index (χ2n) is 5.31. The summed E-state index contributed by atoms with van der Waals surface area (Å²) in [6.45, 7) is 11.0. The minimum atomic E-state index is -0.423. The maximum absolute atomic E-state index is 11.4. The third-order valence-electron chi connectivity index (χ3n) is 2.03. The van der Waals surface area contributed by atoms with Gasteiger partial charge in [-0.3, -0.25) is 4.79 Å². The van der Waals surface area contributed by atoms with Gasteiger partial charge in [0.15, 0.2) is 0 Å². The number of rotatable bonds is 7. The predicted octanol–water partition coefficient (Wildman–Crippen LogP) is 3.01. The van der Waals surface area contributed by atoms with E-state index in [1.807, 2.05) is 20.8 Å². The second kappa shape index (κ2) is 7.90. The molecule has 0 amide bonds. The van der Waals surface area contributed by atoms with Crippen LogP contribution in [0.5, 0.6) is 0 Å². The van der Waals surface area contributed by atoms with Crippen molar-refractivity contribution in [2.24, 2.45) is 0 Å². The summed E-state index contributed by atoms with van der Waals surface area (Å²) in [5.74, 6) is -0.538. The molecule has 104 valence electrons. The molecule has 0 N–H and O–H groups in total. The fourth-order valence-electron chi connectivity index (χ4n) is 1.23. The molecule has 0 unspecified atom stereocenters. The lowest BCUT2D eigenvalue weighted by atomic mass is 10.1. The first kappa shape index (κ1) is 16.7. The molecule has 0 radical (unpaired) electrons. The molecule has 0 bridgehead atoms. The van der Waals surface area contributed by atoms with Crippen LogP contribution in [0.3, 0.4) is 0 Å². The molecule has 0 atom stereocenters. The Morgan fingerprint density at radius 1 is 1.11 bits per heavy atom. The molecule has 0 rings (SSSR count). The first-order chi connectivity index (χ1) is 8.22. The molecule has 0 saturated carbocycles. The van der Waals surface area contributed by atoms with Gasteiger partial charge in [-0.2, -0.15) is 0 Å². The van der Waals surface area contributed by atoms with Gasteiger partial charge in [0.1, 0.15) is 5.60 Å². The Kier molecular flexibility index (Phi) is 7.32. The average molecular weight is 256 g/mol. The molecule has 0 heterocycles. The lowest BCUT2D eigenvalue weighted by Gasteiger charge is -2.19. The number of hydrogen-bond acceptors (Lipinski definition) is 4. The van der Waals surface area contributed by atoms with E-state index in [1.165, 1.54) is 0 Å². The van der Waals surface area contributed by atoms with Gasteiger partial charge in [0.25, 0.3) is 0 Å². The third kappa shape index (κ3) is 9.87. The van der Waals surface area contributed by atoms with Gasteiger partial charge in [0.05, 0.1) is 6.61 Å². The van der Waals surface area contributed by atoms with Crippen LogP contribution in [0, 0.1) is 0 Å². The molecule has 18 heavy (non-hydrogen) atoms. The van der Waals surface area contributed by atoms with Gasteiger partial charge < -0.3 is 9.47 Å². The van der Waals surface area contributed by atoms with Gasteiger partial charge in [-0.1, -0.05) is 6.58 Å². The monoisotopic (exact) mass is 256 g/mol. The molecule has 0 saturated heterocycles. The zero-order chi connectivity index (χ0) is 14.2. The second-order valence-corrected chi connectivity index (χ2v) is 5.31. The van der Waals surface area contributed by atoms with Crippen molar-refractivity contribution in [3.05, 3.63) is 12.2 Å². The van der Waals surface area contributed by atoms with E-state index in [0.29, 0.717) is 18.6 Å². The molecule has 0 fully saturated rings. The Morgan fingerprint density at radius 3 is 2.22 bits per heavy atom. The lowest BCUT2D eigenvalue weighted by Crippen LogP contribution is -2.23. The van der Waals surface area contributed by atoms with E-state index >= 15 is 0 Å². The fraction of sp³-hybridized carbons (Fsp3) is 0.714. The van der Waals surface area contributed by atoms with Crippen LogP contribution >= 0.6 is 0 Å². The normalized spacial score (nSPS) is 10.9. The molecule has 4 nitrogen and oxygen atoms in total. The van der Waals surface area contributed by atoms with Gasteiger partial charge in [0.2, 0.25) is 0 Å². The van der Waals surface area contributed by atoms with Gasteiger partial charge in [0, 0.05) is 12.0 Å². The van der Waals surface area contributed by atoms with Crippen LogP contribution in [0.1, 0.15) is 53.4 Å². The highest BCUT2D eigenvalue weighted by atomic mass is 16.6. The first-order valence-electron chi connectivity index (χ1n) is 6.27. The van der Waals surface area contributed by atoms with E-state index in [4.69, 9.17) is 9.47 Å². The lowest BCUT2D eigenvalue weighted by molar-refractivity contribution is -0.155. The Hall–Kier alpha value is -1.32. The number of carbonyl (C=O) groups is 2. The topological polar surface area (TPSA) is 52.6 Å². The summed E-state index contributed by atoms with van der Waals surface area (Å²) in [5.41, 5.74) is -0.0163. The number of hydrogen-bond donors (Lipinski definition) is 0. The quantitative estimate of drug-likeness (QED) is 0.399. The van der Waals surface area contributed by atoms with Crippen LogP contribution in [-0.4, -0.2) is 24.1 Å². The molecule has 0 aliphatic carbocycles. The molecular weight excluding hydrogens is 232 g/mol. The molecule has 0 aromatic carbocycles. The number of carbonyl (C=O) groups excluding carboxylic acids is 2. The molecular formula is C14H24O4. The van der Waals surface area contributed by atoms with Crippen LogP contribution in [0.15, 0.2) is 12.2 Å². The third-order valence-corrected chi connectivity index (χ3v) is 2.03. The van der Waals surface area contributed by atoms with Gasteiger partial charge in [-0.15, -0.1) is 0 Å². The minimum Gasteiger partial charge on any atom is -0.462 e. The summed E-state index contributed by atoms with van der Waals surface area (Å²) in [5, 5.41) is 0. The highest BCUT2D eigenvalue weighted by Crippen LogP contribution is 2.10. The van der Waals surface area contributed by atoms with E-state index in [0.717, 1.165) is 19.3 Å². The molecule has 0 aromatic rings. The van der Waals surface area contributed by atoms with Crippen molar-refractivity contribution in [2.75, 3.05) is 6.61 Å². The van der Waals surface area contributed by atoms with Crippen molar-refractivity contribution >= 4 is 11.9 Å². The van der Waals surface area contributed by atoms with E-state index in [9.17, 15) is 9.59 Å². The van der Waals surface area contributed by atoms with Crippen LogP contribution in [0.4, 0.5) is 0 Å². The summed E-state index contributed by atoms with van der Waals surface area (Å²) in [6, 6.07) is 0. The standard InChI is InChI=1S/C14H24O4/c1-11(2)13(16)17-10-8-6-7-9-12(15)18-14(3,4)5/h1,6-10H2,2-5H3. The van der Waals surface area contributed by atoms with E-state index in [1.54, 1.807) is 6.92 Å². The molecule has 0 aliphatic rings. The Morgan fingerprint density at radius 2 is 1.72 bits per heavy atom. The van der Waals surface area contributed by atoms with Crippen molar-refractivity contribution in [1.29, 1.82) is 0 Å². The predicted molar refractivity (Wildman–Crippen MR) is 70.1 cm³/mol. The van der Waals surface area contributed by atoms with Crippen LogP contribution in [0.25, 0.3) is 0 Å². The summed E-state index contributed by atoms with van der Waals surface area (Å²) in [6.07, 6.45) is 2.75. The van der Waals surface area contributed by atoms with Crippen LogP contribution < -0.4 is 0 Å². The number of esters is 2. The molecule has 0 spiro atoms. The van der Waals surface area contributed by atoms with Crippen molar-refractivity contribution in [3.8, 4) is 0 Å². The molecule has 0 aromatic heterocycles. The Balaban J connectivity index is 3.49. The smallest absolute Gasteiger partial charge is 0.333 e. The fourth-order valence-corrected chi connectivity index (χ4v) is 1.23. The largest absolute Gasteiger partial charge is 0.462 e. The number of unbranched alkanes of at least 4 members (excludes halogenated alkanes) is 2. The Bertz CT molecular complexity index is 299. The van der Waals surface area contributed by atoms with Crippen LogP contribution in [-0.2, 0) is 19.1 Å². The minimum absolute atomic E-state index is 0.179. The summed E-state index contributed by atoms with van der Waals surface area (Å²) in [4.78, 5) is 22.4. The highest BCUT2D eigenvalue weighted by molar-refractivity contribution is 5.86. The Labute approximate surface area is 109 Å². The first-order valence-corrected chi connectivity index (χ1v) is 6.27. The van der Waals surface area contributed by atoms with Crippen molar-refractivity contribution < 1.29 is 19.1 Å². The maximum atomic E-state index is 11.4. The summed E-state index contributed by atoms with van der Waals surface area (Å²) < 4.78 is 10.1. The van der Waals surface area contributed by atoms with Gasteiger partial charge in [-0.05, 0) is 47.0 Å². The maximum Gasteiger partial charge on any atom is 0.333 e.